The molecule has 0 saturated heterocycles. The van der Waals surface area contributed by atoms with E-state index in [0.717, 1.165) is 5.56 Å². The second-order valence-corrected chi connectivity index (χ2v) is 6.76. The van der Waals surface area contributed by atoms with E-state index in [2.05, 4.69) is 38.1 Å². The van der Waals surface area contributed by atoms with Crippen molar-refractivity contribution in [1.29, 1.82) is 0 Å². The summed E-state index contributed by atoms with van der Waals surface area (Å²) < 4.78 is 37.8. The van der Waals surface area contributed by atoms with Crippen molar-refractivity contribution in [3.8, 4) is 0 Å². The molecule has 0 bridgehead atoms. The zero-order valence-electron chi connectivity index (χ0n) is 16.8. The van der Waals surface area contributed by atoms with Crippen LogP contribution >= 0.6 is 0 Å². The van der Waals surface area contributed by atoms with E-state index in [1.54, 1.807) is 19.9 Å². The first-order valence-electron chi connectivity index (χ1n) is 8.78. The molecular formula is C27H39F3. The van der Waals surface area contributed by atoms with E-state index in [0.29, 0.717) is 11.1 Å². The van der Waals surface area contributed by atoms with E-state index in [-0.39, 0.29) is 33.7 Å². The Hall–Kier alpha value is -2.55. The molecule has 0 spiro atoms. The third kappa shape index (κ3) is 11.5. The smallest absolute Gasteiger partial charge is 0.129 e. The lowest BCUT2D eigenvalue weighted by molar-refractivity contribution is 0.566. The molecule has 0 aliphatic heterocycles. The summed E-state index contributed by atoms with van der Waals surface area (Å²) in [5.74, 6) is -1.06. The van der Waals surface area contributed by atoms with Crippen LogP contribution in [-0.2, 0) is 0 Å². The summed E-state index contributed by atoms with van der Waals surface area (Å²) in [7, 11) is 0. The Kier molecular flexibility index (Phi) is 16.4. The van der Waals surface area contributed by atoms with Crippen molar-refractivity contribution < 1.29 is 13.2 Å². The van der Waals surface area contributed by atoms with E-state index in [9.17, 15) is 13.2 Å². The third-order valence-corrected chi connectivity index (χ3v) is 3.97. The van der Waals surface area contributed by atoms with Crippen LogP contribution in [0.25, 0.3) is 0 Å². The first-order valence-corrected chi connectivity index (χ1v) is 8.78. The predicted molar refractivity (Wildman–Crippen MR) is 128 cm³/mol. The first kappa shape index (κ1) is 32.1. The van der Waals surface area contributed by atoms with Gasteiger partial charge in [-0.25, -0.2) is 13.2 Å². The molecule has 3 rings (SSSR count). The standard InChI is InChI=1S/C8H8F2.C8H9F.C8H10.3CH4/c1-5-3-7(9)6(2)8(10)4-5;1-6-3-4-7(2)8(9)5-6;1-7-3-5-8(2)6-4-7;;;/h3-4H,1-2H3;3-5H,1-2H3;3-6H,1-2H3;3*1H4. The van der Waals surface area contributed by atoms with Crippen molar-refractivity contribution in [2.45, 2.75) is 63.8 Å². The van der Waals surface area contributed by atoms with Crippen LogP contribution in [0.3, 0.4) is 0 Å². The molecule has 0 nitrogen and oxygen atoms in total. The van der Waals surface area contributed by atoms with Crippen molar-refractivity contribution in [3.63, 3.8) is 0 Å². The second kappa shape index (κ2) is 15.3. The molecule has 0 N–H and O–H groups in total. The monoisotopic (exact) mass is 420 g/mol. The summed E-state index contributed by atoms with van der Waals surface area (Å²) in [6.07, 6.45) is 0. The highest BCUT2D eigenvalue weighted by Crippen LogP contribution is 2.12. The van der Waals surface area contributed by atoms with Gasteiger partial charge >= 0.3 is 0 Å². The number of hydrogen-bond acceptors (Lipinski definition) is 0. The molecule has 30 heavy (non-hydrogen) atoms. The van der Waals surface area contributed by atoms with Gasteiger partial charge in [0.05, 0.1) is 0 Å². The fourth-order valence-corrected chi connectivity index (χ4v) is 2.11. The van der Waals surface area contributed by atoms with Crippen LogP contribution in [0.2, 0.25) is 0 Å². The zero-order valence-corrected chi connectivity index (χ0v) is 16.8. The molecule has 168 valence electrons. The lowest BCUT2D eigenvalue weighted by Crippen LogP contribution is -1.88. The van der Waals surface area contributed by atoms with Crippen molar-refractivity contribution in [3.05, 3.63) is 105 Å². The summed E-state index contributed by atoms with van der Waals surface area (Å²) in [6, 6.07) is 16.3. The Bertz CT molecular complexity index is 822. The first-order chi connectivity index (χ1) is 12.6. The maximum atomic E-state index is 12.6. The van der Waals surface area contributed by atoms with Gasteiger partial charge in [-0.15, -0.1) is 0 Å². The summed E-state index contributed by atoms with van der Waals surface area (Å²) in [5, 5.41) is 0. The molecule has 0 aliphatic rings. The van der Waals surface area contributed by atoms with Gasteiger partial charge < -0.3 is 0 Å². The molecule has 0 aromatic heterocycles. The Morgan fingerprint density at radius 1 is 0.433 bits per heavy atom. The molecule has 0 aliphatic carbocycles. The number of halogens is 3. The van der Waals surface area contributed by atoms with Crippen molar-refractivity contribution in [1.82, 2.24) is 0 Å². The summed E-state index contributed by atoms with van der Waals surface area (Å²) in [5.41, 5.74) is 5.04. The third-order valence-electron chi connectivity index (χ3n) is 3.97. The molecule has 0 heterocycles. The van der Waals surface area contributed by atoms with Gasteiger partial charge in [-0.05, 0) is 76.4 Å². The average molecular weight is 421 g/mol. The van der Waals surface area contributed by atoms with Gasteiger partial charge in [0.1, 0.15) is 17.5 Å². The predicted octanol–water partition coefficient (Wildman–Crippen LogP) is 9.24. The number of aryl methyl sites for hydroxylation is 5. The number of hydrogen-bond donors (Lipinski definition) is 0. The van der Waals surface area contributed by atoms with Gasteiger partial charge in [0.15, 0.2) is 0 Å². The van der Waals surface area contributed by atoms with Crippen LogP contribution in [0.5, 0.6) is 0 Å². The molecule has 0 saturated carbocycles. The van der Waals surface area contributed by atoms with Crippen molar-refractivity contribution >= 4 is 0 Å². The number of benzene rings is 3. The van der Waals surface area contributed by atoms with Crippen LogP contribution in [0.4, 0.5) is 13.2 Å². The lowest BCUT2D eigenvalue weighted by atomic mass is 10.1. The minimum atomic E-state index is -0.475. The molecule has 0 radical (unpaired) electrons. The minimum absolute atomic E-state index is 0. The Labute approximate surface area is 182 Å². The highest BCUT2D eigenvalue weighted by atomic mass is 19.1. The number of rotatable bonds is 0. The average Bonchev–Trinajstić information content (AvgIpc) is 2.60. The minimum Gasteiger partial charge on any atom is -0.207 e. The SMILES string of the molecule is C.C.C.Cc1cc(F)c(C)c(F)c1.Cc1ccc(C)c(F)c1.Cc1ccc(C)cc1. The van der Waals surface area contributed by atoms with Gasteiger partial charge in [-0.1, -0.05) is 69.8 Å². The van der Waals surface area contributed by atoms with Gasteiger partial charge in [-0.3, -0.25) is 0 Å². The Morgan fingerprint density at radius 2 is 0.767 bits per heavy atom. The fourth-order valence-electron chi connectivity index (χ4n) is 2.11. The Balaban J connectivity index is -0.000000349. The van der Waals surface area contributed by atoms with Crippen molar-refractivity contribution in [2.24, 2.45) is 0 Å². The zero-order chi connectivity index (χ0) is 20.6. The van der Waals surface area contributed by atoms with E-state index in [1.807, 2.05) is 13.0 Å². The topological polar surface area (TPSA) is 0 Å². The summed E-state index contributed by atoms with van der Waals surface area (Å²) in [6.45, 7) is 10.9. The quantitative estimate of drug-likeness (QED) is 0.340. The normalized spacial score (nSPS) is 8.70. The maximum Gasteiger partial charge on any atom is 0.129 e. The van der Waals surface area contributed by atoms with Crippen LogP contribution in [0, 0.1) is 59.0 Å². The molecule has 0 fully saturated rings. The van der Waals surface area contributed by atoms with E-state index in [4.69, 9.17) is 0 Å². The van der Waals surface area contributed by atoms with Gasteiger partial charge in [0.25, 0.3) is 0 Å². The highest BCUT2D eigenvalue weighted by Gasteiger charge is 2.02. The fraction of sp³-hybridized carbons (Fsp3) is 0.333. The van der Waals surface area contributed by atoms with E-state index < -0.39 is 11.6 Å². The van der Waals surface area contributed by atoms with E-state index in [1.165, 1.54) is 36.2 Å². The summed E-state index contributed by atoms with van der Waals surface area (Å²) in [4.78, 5) is 0. The Morgan fingerprint density at radius 3 is 1.10 bits per heavy atom. The van der Waals surface area contributed by atoms with Gasteiger partial charge in [-0.2, -0.15) is 0 Å². The maximum absolute atomic E-state index is 12.6. The molecule has 3 aromatic carbocycles. The van der Waals surface area contributed by atoms with Crippen LogP contribution in [-0.4, -0.2) is 0 Å². The largest absolute Gasteiger partial charge is 0.207 e. The van der Waals surface area contributed by atoms with Gasteiger partial charge in [0.2, 0.25) is 0 Å². The lowest BCUT2D eigenvalue weighted by Gasteiger charge is -1.98. The van der Waals surface area contributed by atoms with Crippen LogP contribution in [0.15, 0.2) is 54.6 Å². The highest BCUT2D eigenvalue weighted by molar-refractivity contribution is 5.24. The molecule has 0 amide bonds. The molecule has 3 heteroatoms. The van der Waals surface area contributed by atoms with Crippen LogP contribution < -0.4 is 0 Å². The molecule has 3 aromatic rings. The van der Waals surface area contributed by atoms with Crippen molar-refractivity contribution in [2.75, 3.05) is 0 Å². The van der Waals surface area contributed by atoms with Gasteiger partial charge in [0, 0.05) is 5.56 Å². The molecular weight excluding hydrogens is 381 g/mol. The molecule has 0 atom stereocenters. The second-order valence-electron chi connectivity index (χ2n) is 6.76. The summed E-state index contributed by atoms with van der Waals surface area (Å²) >= 11 is 0. The van der Waals surface area contributed by atoms with Crippen LogP contribution in [0.1, 0.15) is 55.7 Å². The molecule has 0 unspecified atom stereocenters. The van der Waals surface area contributed by atoms with E-state index >= 15 is 0 Å².